The van der Waals surface area contributed by atoms with Crippen LogP contribution < -0.4 is 21.7 Å². The van der Waals surface area contributed by atoms with Gasteiger partial charge in [-0.2, -0.15) is 12.6 Å². The van der Waals surface area contributed by atoms with Crippen LogP contribution >= 0.6 is 25.3 Å². The molecule has 1 fully saturated rings. The number of carbonyl (C=O) groups is 8. The fourth-order valence-electron chi connectivity index (χ4n) is 5.64. The highest BCUT2D eigenvalue weighted by atomic mass is 32.1. The number of ketones is 2. The quantitative estimate of drug-likeness (QED) is 0.0195. The van der Waals surface area contributed by atoms with Gasteiger partial charge in [0, 0.05) is 64.4 Å². The second kappa shape index (κ2) is 27.2. The molecule has 0 bridgehead atoms. The van der Waals surface area contributed by atoms with Gasteiger partial charge in [-0.15, -0.1) is 12.6 Å². The van der Waals surface area contributed by atoms with Crippen LogP contribution in [0.15, 0.2) is 0 Å². The molecule has 6 N–H and O–H groups in total. The molecule has 20 heteroatoms. The first-order chi connectivity index (χ1) is 28.4. The largest absolute Gasteiger partial charge is 0.478 e. The Bertz CT molecular complexity index is 1500. The number of hydrogen-bond donors (Lipinski definition) is 7. The Hall–Kier alpha value is -3.14. The van der Waals surface area contributed by atoms with E-state index in [-0.39, 0.29) is 87.5 Å². The van der Waals surface area contributed by atoms with Gasteiger partial charge < -0.3 is 55.4 Å². The SMILES string of the molecule is CC(C)CCOC(C)(C)CCNC(=O)CCN(C)C(=O)CC(S)C=O.CC(N)(S)C(=O)COCCOCCNC(C)(C)C(=O)CC[C@@H]1NC(=O)C(C)(C)CC(C)(C(=O)O)OC1=O. The molecule has 0 radical (unpaired) electrons. The lowest BCUT2D eigenvalue weighted by Crippen LogP contribution is -2.57. The third-order valence-electron chi connectivity index (χ3n) is 9.98. The molecule has 0 saturated carbocycles. The number of amides is 3. The first-order valence-electron chi connectivity index (χ1n) is 20.9. The topological polar surface area (TPSA) is 259 Å². The van der Waals surface area contributed by atoms with Crippen molar-refractivity contribution in [1.82, 2.24) is 20.9 Å². The zero-order valence-electron chi connectivity index (χ0n) is 38.7. The van der Waals surface area contributed by atoms with Gasteiger partial charge in [0.25, 0.3) is 0 Å². The average Bonchev–Trinajstić information content (AvgIpc) is 3.14. The number of nitrogens with two attached hydrogens (primary N) is 1. The number of carbonyl (C=O) groups excluding carboxylic acids is 7. The zero-order chi connectivity index (χ0) is 48.1. The van der Waals surface area contributed by atoms with E-state index in [1.807, 2.05) is 13.8 Å². The molecule has 0 aliphatic carbocycles. The average molecular weight is 922 g/mol. The lowest BCUT2D eigenvalue weighted by atomic mass is 9.79. The van der Waals surface area contributed by atoms with Crippen LogP contribution in [-0.4, -0.2) is 150 Å². The molecule has 3 unspecified atom stereocenters. The van der Waals surface area contributed by atoms with E-state index in [0.717, 1.165) is 19.4 Å². The van der Waals surface area contributed by atoms with Crippen molar-refractivity contribution in [2.24, 2.45) is 17.1 Å². The van der Waals surface area contributed by atoms with E-state index in [2.05, 4.69) is 55.1 Å². The number of ether oxygens (including phenoxy) is 4. The van der Waals surface area contributed by atoms with Crippen molar-refractivity contribution in [2.45, 2.75) is 147 Å². The Morgan fingerprint density at radius 1 is 1.00 bits per heavy atom. The van der Waals surface area contributed by atoms with Gasteiger partial charge in [0.2, 0.25) is 23.3 Å². The molecule has 1 aliphatic heterocycles. The number of nitrogens with zero attached hydrogens (tertiary/aromatic N) is 1. The van der Waals surface area contributed by atoms with Gasteiger partial charge in [0.1, 0.15) is 23.8 Å². The number of carboxylic acids is 1. The molecule has 4 atom stereocenters. The third kappa shape index (κ3) is 24.1. The number of cyclic esters (lactones) is 1. The molecule has 1 rings (SSSR count). The van der Waals surface area contributed by atoms with Gasteiger partial charge in [-0.05, 0) is 66.7 Å². The maximum absolute atomic E-state index is 12.8. The first-order valence-corrected chi connectivity index (χ1v) is 21.9. The fourth-order valence-corrected chi connectivity index (χ4v) is 5.86. The van der Waals surface area contributed by atoms with Crippen LogP contribution in [0.1, 0.15) is 114 Å². The van der Waals surface area contributed by atoms with E-state index in [9.17, 15) is 43.5 Å². The van der Waals surface area contributed by atoms with Crippen LogP contribution in [0.4, 0.5) is 0 Å². The number of esters is 1. The summed E-state index contributed by atoms with van der Waals surface area (Å²) in [4.78, 5) is 95.9. The van der Waals surface area contributed by atoms with Crippen LogP contribution in [-0.2, 0) is 57.3 Å². The number of aliphatic carboxylic acids is 1. The summed E-state index contributed by atoms with van der Waals surface area (Å²) in [7, 11) is 1.62. The summed E-state index contributed by atoms with van der Waals surface area (Å²) in [6.07, 6.45) is 2.37. The number of Topliss-reactive ketones (excluding diaryl/α,β-unsaturated/α-hetero) is 2. The minimum Gasteiger partial charge on any atom is -0.478 e. The van der Waals surface area contributed by atoms with Crippen LogP contribution in [0.3, 0.4) is 0 Å². The molecule has 0 aromatic carbocycles. The molecule has 1 heterocycles. The number of aldehydes is 1. The minimum absolute atomic E-state index is 0.0407. The Labute approximate surface area is 378 Å². The molecular formula is C42H75N5O13S2. The molecule has 1 aliphatic rings. The van der Waals surface area contributed by atoms with Gasteiger partial charge in [-0.25, -0.2) is 9.59 Å². The van der Waals surface area contributed by atoms with E-state index >= 15 is 0 Å². The number of hydrogen-bond acceptors (Lipinski definition) is 16. The molecule has 0 aromatic rings. The van der Waals surface area contributed by atoms with Gasteiger partial charge >= 0.3 is 11.9 Å². The van der Waals surface area contributed by atoms with Gasteiger partial charge in [0.15, 0.2) is 11.6 Å². The molecule has 0 aromatic heterocycles. The standard InChI is InChI=1S/C24H41N3O9S.C18H34N2O4S/c1-21(2)14-23(5,20(32)33)36-18(30)15(27-19(21)31)7-8-16(28)22(3,4)26-9-10-34-11-12-35-13-17(29)24(6,25)37;1-14(2)7-11-24-18(3,4)8-9-19-16(22)6-10-20(5)17(23)12-15(25)13-21/h15,26,37H,7-14,25H2,1-6H3,(H,27,31)(H,32,33);13-15,25H,6-12H2,1-5H3,(H,19,22)/t15-,23?,24?;/m0./s1. The summed E-state index contributed by atoms with van der Waals surface area (Å²) in [5.74, 6) is -2.97. The van der Waals surface area contributed by atoms with Gasteiger partial charge in [-0.3, -0.25) is 24.0 Å². The van der Waals surface area contributed by atoms with Crippen LogP contribution in [0.5, 0.6) is 0 Å². The second-order valence-electron chi connectivity index (χ2n) is 18.2. The highest BCUT2D eigenvalue weighted by Crippen LogP contribution is 2.33. The molecule has 1 saturated heterocycles. The molecular weight excluding hydrogens is 847 g/mol. The number of thiol groups is 2. The highest BCUT2D eigenvalue weighted by Gasteiger charge is 2.49. The Kier molecular flexibility index (Phi) is 25.9. The first kappa shape index (κ1) is 58.9. The Morgan fingerprint density at radius 2 is 1.61 bits per heavy atom. The van der Waals surface area contributed by atoms with Crippen LogP contribution in [0.25, 0.3) is 0 Å². The monoisotopic (exact) mass is 921 g/mol. The van der Waals surface area contributed by atoms with E-state index in [1.165, 1.54) is 18.7 Å². The van der Waals surface area contributed by atoms with Crippen molar-refractivity contribution in [3.05, 3.63) is 0 Å². The number of carboxylic acid groups (broad SMARTS) is 1. The lowest BCUT2D eigenvalue weighted by molar-refractivity contribution is -0.185. The van der Waals surface area contributed by atoms with Crippen molar-refractivity contribution in [1.29, 1.82) is 0 Å². The van der Waals surface area contributed by atoms with E-state index < -0.39 is 50.6 Å². The van der Waals surface area contributed by atoms with Crippen molar-refractivity contribution >= 4 is 72.8 Å². The summed E-state index contributed by atoms with van der Waals surface area (Å²) in [5.41, 5.74) is 1.37. The van der Waals surface area contributed by atoms with Crippen molar-refractivity contribution in [2.75, 3.05) is 59.7 Å². The summed E-state index contributed by atoms with van der Waals surface area (Å²) < 4.78 is 21.7. The smallest absolute Gasteiger partial charge is 0.347 e. The number of rotatable bonds is 28. The maximum Gasteiger partial charge on any atom is 0.347 e. The van der Waals surface area contributed by atoms with Crippen molar-refractivity contribution in [3.8, 4) is 0 Å². The normalized spacial score (nSPS) is 19.3. The minimum atomic E-state index is -1.86. The molecule has 3 amide bonds. The maximum atomic E-state index is 12.8. The lowest BCUT2D eigenvalue weighted by Gasteiger charge is -2.38. The van der Waals surface area contributed by atoms with Gasteiger partial charge in [-0.1, -0.05) is 27.7 Å². The summed E-state index contributed by atoms with van der Waals surface area (Å²) >= 11 is 7.94. The molecule has 358 valence electrons. The zero-order valence-corrected chi connectivity index (χ0v) is 40.5. The van der Waals surface area contributed by atoms with E-state index in [0.29, 0.717) is 31.8 Å². The van der Waals surface area contributed by atoms with Crippen LogP contribution in [0, 0.1) is 11.3 Å². The molecule has 0 spiro atoms. The highest BCUT2D eigenvalue weighted by molar-refractivity contribution is 7.82. The van der Waals surface area contributed by atoms with E-state index in [1.54, 1.807) is 34.7 Å². The summed E-state index contributed by atoms with van der Waals surface area (Å²) in [6.45, 7) is 20.1. The van der Waals surface area contributed by atoms with Crippen molar-refractivity contribution in [3.63, 3.8) is 0 Å². The third-order valence-corrected chi connectivity index (χ3v) is 10.5. The Morgan fingerprint density at radius 3 is 2.18 bits per heavy atom. The van der Waals surface area contributed by atoms with Gasteiger partial charge in [0.05, 0.1) is 36.2 Å². The Balaban J connectivity index is 0.00000130. The van der Waals surface area contributed by atoms with E-state index in [4.69, 9.17) is 24.7 Å². The molecule has 18 nitrogen and oxygen atoms in total. The summed E-state index contributed by atoms with van der Waals surface area (Å²) in [5, 5.41) is 17.5. The molecule has 62 heavy (non-hydrogen) atoms. The number of nitrogens with one attached hydrogen (secondary N) is 3. The fraction of sp³-hybridized carbons (Fsp3) is 0.810. The predicted octanol–water partition coefficient (Wildman–Crippen LogP) is 2.28. The van der Waals surface area contributed by atoms with Crippen LogP contribution in [0.2, 0.25) is 0 Å². The van der Waals surface area contributed by atoms with Crippen molar-refractivity contribution < 1.29 is 62.4 Å². The second-order valence-corrected chi connectivity index (χ2v) is 19.7. The summed E-state index contributed by atoms with van der Waals surface area (Å²) in [6, 6.07) is -1.15. The predicted molar refractivity (Wildman–Crippen MR) is 240 cm³/mol.